The highest BCUT2D eigenvalue weighted by molar-refractivity contribution is 6.14. The van der Waals surface area contributed by atoms with Crippen LogP contribution in [0.5, 0.6) is 0 Å². The standard InChI is InChI=1S/C51H37N3O/c52-48(49(37-18-8-3-9-19-37)53-33-34-14-4-1-5-15-34)36-26-29-39(30-27-36)54-46-25-11-10-20-42(46)43-31-28-38(32-47(43)54)41-22-13-24-45-44-23-12-21-40(50(44)55-51(41)45)35-16-6-2-7-17-35/h1-33,48-49H,52H2/b53-33+/t48-,49?/m0/s1. The molecule has 4 nitrogen and oxygen atoms in total. The van der Waals surface area contributed by atoms with Gasteiger partial charge < -0.3 is 14.7 Å². The summed E-state index contributed by atoms with van der Waals surface area (Å²) in [4.78, 5) is 5.03. The topological polar surface area (TPSA) is 56.5 Å². The lowest BCUT2D eigenvalue weighted by atomic mass is 9.94. The van der Waals surface area contributed by atoms with Crippen molar-refractivity contribution in [1.82, 2.24) is 4.57 Å². The minimum Gasteiger partial charge on any atom is -0.455 e. The fourth-order valence-corrected chi connectivity index (χ4v) is 8.08. The number of hydrogen-bond donors (Lipinski definition) is 1. The Kier molecular flexibility index (Phi) is 8.16. The Labute approximate surface area is 319 Å². The van der Waals surface area contributed by atoms with Gasteiger partial charge in [0.2, 0.25) is 0 Å². The highest BCUT2D eigenvalue weighted by Crippen LogP contribution is 2.42. The number of nitrogens with zero attached hydrogens (tertiary/aromatic N) is 2. The van der Waals surface area contributed by atoms with Crippen molar-refractivity contribution in [3.05, 3.63) is 211 Å². The number of hydrogen-bond acceptors (Lipinski definition) is 3. The summed E-state index contributed by atoms with van der Waals surface area (Å²) in [5.41, 5.74) is 19.8. The van der Waals surface area contributed by atoms with Crippen LogP contribution >= 0.6 is 0 Å². The minimum atomic E-state index is -0.340. The number of para-hydroxylation sites is 3. The zero-order chi connectivity index (χ0) is 36.7. The molecule has 8 aromatic carbocycles. The molecule has 0 aliphatic rings. The maximum absolute atomic E-state index is 7.06. The van der Waals surface area contributed by atoms with E-state index >= 15 is 0 Å². The van der Waals surface area contributed by atoms with Crippen molar-refractivity contribution >= 4 is 50.0 Å². The van der Waals surface area contributed by atoms with Crippen molar-refractivity contribution in [2.24, 2.45) is 10.7 Å². The zero-order valence-corrected chi connectivity index (χ0v) is 30.1. The van der Waals surface area contributed by atoms with E-state index in [4.69, 9.17) is 15.1 Å². The lowest BCUT2D eigenvalue weighted by molar-refractivity contribution is 0.579. The van der Waals surface area contributed by atoms with Crippen LogP contribution in [-0.2, 0) is 0 Å². The summed E-state index contributed by atoms with van der Waals surface area (Å²) in [6.45, 7) is 0. The Hall–Kier alpha value is -7.01. The van der Waals surface area contributed by atoms with E-state index in [0.717, 1.165) is 77.6 Å². The number of benzene rings is 8. The van der Waals surface area contributed by atoms with E-state index in [0.29, 0.717) is 0 Å². The van der Waals surface area contributed by atoms with E-state index in [1.165, 1.54) is 10.8 Å². The fourth-order valence-electron chi connectivity index (χ4n) is 8.08. The first-order valence-electron chi connectivity index (χ1n) is 18.7. The third kappa shape index (κ3) is 5.81. The molecule has 0 fully saturated rings. The van der Waals surface area contributed by atoms with E-state index in [1.807, 2.05) is 48.7 Å². The van der Waals surface area contributed by atoms with E-state index < -0.39 is 0 Å². The van der Waals surface area contributed by atoms with Crippen molar-refractivity contribution in [2.75, 3.05) is 0 Å². The molecule has 10 rings (SSSR count). The largest absolute Gasteiger partial charge is 0.455 e. The number of nitrogens with two attached hydrogens (primary N) is 1. The van der Waals surface area contributed by atoms with E-state index in [1.54, 1.807) is 0 Å². The lowest BCUT2D eigenvalue weighted by Crippen LogP contribution is -2.19. The van der Waals surface area contributed by atoms with Gasteiger partial charge in [0.05, 0.1) is 23.1 Å². The highest BCUT2D eigenvalue weighted by Gasteiger charge is 2.22. The highest BCUT2D eigenvalue weighted by atomic mass is 16.3. The Morgan fingerprint density at radius 2 is 1.05 bits per heavy atom. The van der Waals surface area contributed by atoms with Gasteiger partial charge in [0, 0.05) is 44.6 Å². The van der Waals surface area contributed by atoms with Crippen LogP contribution in [0.15, 0.2) is 204 Å². The summed E-state index contributed by atoms with van der Waals surface area (Å²) in [5.74, 6) is 0. The summed E-state index contributed by atoms with van der Waals surface area (Å²) in [5, 5.41) is 4.63. The van der Waals surface area contributed by atoms with E-state index in [9.17, 15) is 0 Å². The Bertz CT molecular complexity index is 2980. The van der Waals surface area contributed by atoms with Gasteiger partial charge in [-0.3, -0.25) is 4.99 Å². The number of aliphatic imine (C=N–C) groups is 1. The van der Waals surface area contributed by atoms with Crippen molar-refractivity contribution < 1.29 is 4.42 Å². The molecule has 262 valence electrons. The van der Waals surface area contributed by atoms with Crippen LogP contribution in [0.4, 0.5) is 0 Å². The van der Waals surface area contributed by atoms with Crippen LogP contribution in [0, 0.1) is 0 Å². The van der Waals surface area contributed by atoms with Crippen LogP contribution < -0.4 is 5.73 Å². The van der Waals surface area contributed by atoms with Gasteiger partial charge in [-0.1, -0.05) is 170 Å². The van der Waals surface area contributed by atoms with Crippen LogP contribution in [0.1, 0.15) is 28.8 Å². The first-order chi connectivity index (χ1) is 27.2. The third-order valence-electron chi connectivity index (χ3n) is 10.8. The average Bonchev–Trinajstić information content (AvgIpc) is 3.80. The minimum absolute atomic E-state index is 0.243. The third-order valence-corrected chi connectivity index (χ3v) is 10.8. The van der Waals surface area contributed by atoms with Gasteiger partial charge in [0.25, 0.3) is 0 Å². The second kappa shape index (κ2) is 13.8. The predicted molar refractivity (Wildman–Crippen MR) is 229 cm³/mol. The summed E-state index contributed by atoms with van der Waals surface area (Å²) in [7, 11) is 0. The number of aromatic nitrogens is 1. The van der Waals surface area contributed by atoms with Gasteiger partial charge >= 0.3 is 0 Å². The van der Waals surface area contributed by atoms with Crippen molar-refractivity contribution in [3.8, 4) is 27.9 Å². The first kappa shape index (κ1) is 32.6. The molecule has 0 saturated heterocycles. The summed E-state index contributed by atoms with van der Waals surface area (Å²) in [6.07, 6.45) is 1.93. The number of rotatable bonds is 8. The maximum Gasteiger partial charge on any atom is 0.143 e. The lowest BCUT2D eigenvalue weighted by Gasteiger charge is -2.22. The summed E-state index contributed by atoms with van der Waals surface area (Å²) < 4.78 is 9.17. The molecule has 0 bridgehead atoms. The second-order valence-electron chi connectivity index (χ2n) is 14.1. The van der Waals surface area contributed by atoms with Gasteiger partial charge in [-0.2, -0.15) is 0 Å². The van der Waals surface area contributed by atoms with Gasteiger partial charge in [-0.15, -0.1) is 0 Å². The maximum atomic E-state index is 7.06. The molecule has 2 heterocycles. The molecule has 10 aromatic rings. The normalized spacial score (nSPS) is 13.0. The number of fused-ring (bicyclic) bond motifs is 6. The molecule has 0 amide bonds. The quantitative estimate of drug-likeness (QED) is 0.160. The molecule has 2 aromatic heterocycles. The van der Waals surface area contributed by atoms with Crippen LogP contribution in [-0.4, -0.2) is 10.8 Å². The SMILES string of the molecule is N[C@@H](c1ccc(-n2c3ccccc3c3ccc(-c4cccc5c4oc4c(-c6ccccc6)cccc45)cc32)cc1)C(/N=C/c1ccccc1)c1ccccc1. The molecule has 4 heteroatoms. The second-order valence-corrected chi connectivity index (χ2v) is 14.1. The molecule has 2 atom stereocenters. The molecule has 2 N–H and O–H groups in total. The molecule has 0 saturated carbocycles. The molecule has 0 radical (unpaired) electrons. The smallest absolute Gasteiger partial charge is 0.143 e. The predicted octanol–water partition coefficient (Wildman–Crippen LogP) is 12.9. The average molecular weight is 708 g/mol. The summed E-state index contributed by atoms with van der Waals surface area (Å²) >= 11 is 0. The van der Waals surface area contributed by atoms with Gasteiger partial charge in [-0.25, -0.2) is 0 Å². The molecule has 0 aliphatic carbocycles. The van der Waals surface area contributed by atoms with Crippen molar-refractivity contribution in [1.29, 1.82) is 0 Å². The van der Waals surface area contributed by atoms with Gasteiger partial charge in [-0.05, 0) is 52.1 Å². The fraction of sp³-hybridized carbons (Fsp3) is 0.0392. The molecule has 0 aliphatic heterocycles. The first-order valence-corrected chi connectivity index (χ1v) is 18.7. The molecule has 0 spiro atoms. The molecular weight excluding hydrogens is 671 g/mol. The van der Waals surface area contributed by atoms with Crippen LogP contribution in [0.25, 0.3) is 71.7 Å². The van der Waals surface area contributed by atoms with Gasteiger partial charge in [0.1, 0.15) is 11.2 Å². The van der Waals surface area contributed by atoms with E-state index in [-0.39, 0.29) is 12.1 Å². The molecule has 1 unspecified atom stereocenters. The van der Waals surface area contributed by atoms with Crippen molar-refractivity contribution in [2.45, 2.75) is 12.1 Å². The Morgan fingerprint density at radius 3 is 1.76 bits per heavy atom. The van der Waals surface area contributed by atoms with E-state index in [2.05, 4.69) is 156 Å². The van der Waals surface area contributed by atoms with Crippen molar-refractivity contribution in [3.63, 3.8) is 0 Å². The van der Waals surface area contributed by atoms with Crippen LogP contribution in [0.2, 0.25) is 0 Å². The Balaban J connectivity index is 1.07. The Morgan fingerprint density at radius 1 is 0.473 bits per heavy atom. The van der Waals surface area contributed by atoms with Gasteiger partial charge in [0.15, 0.2) is 0 Å². The zero-order valence-electron chi connectivity index (χ0n) is 30.1. The molecular formula is C51H37N3O. The monoisotopic (exact) mass is 707 g/mol. The van der Waals surface area contributed by atoms with Crippen LogP contribution in [0.3, 0.4) is 0 Å². The molecule has 55 heavy (non-hydrogen) atoms. The number of furan rings is 1. The summed E-state index contributed by atoms with van der Waals surface area (Å²) in [6, 6.07) is 67.3.